The Labute approximate surface area is 133 Å². The van der Waals surface area contributed by atoms with Gasteiger partial charge < -0.3 is 19.7 Å². The highest BCUT2D eigenvalue weighted by Gasteiger charge is 2.25. The minimum atomic E-state index is -0.366. The second kappa shape index (κ2) is 6.95. The van der Waals surface area contributed by atoms with E-state index in [-0.39, 0.29) is 36.8 Å². The number of amides is 2. The topological polar surface area (TPSA) is 67.9 Å². The van der Waals surface area contributed by atoms with Crippen LogP contribution >= 0.6 is 0 Å². The second-order valence-corrected chi connectivity index (χ2v) is 5.66. The molecule has 0 saturated carbocycles. The van der Waals surface area contributed by atoms with Crippen molar-refractivity contribution in [1.29, 1.82) is 0 Å². The predicted octanol–water partition coefficient (Wildman–Crippen LogP) is 1.01. The van der Waals surface area contributed by atoms with E-state index in [1.54, 1.807) is 6.07 Å². The van der Waals surface area contributed by atoms with Gasteiger partial charge in [0, 0.05) is 18.2 Å². The number of rotatable bonds is 3. The number of fused-ring (bicyclic) bond motifs is 1. The van der Waals surface area contributed by atoms with Gasteiger partial charge in [-0.05, 0) is 18.9 Å². The van der Waals surface area contributed by atoms with E-state index in [0.717, 1.165) is 12.0 Å². The molecule has 0 aromatic heterocycles. The second-order valence-electron chi connectivity index (χ2n) is 5.66. The van der Waals surface area contributed by atoms with Crippen LogP contribution in [0.2, 0.25) is 0 Å². The van der Waals surface area contributed by atoms with Gasteiger partial charge in [0.1, 0.15) is 18.2 Å². The van der Waals surface area contributed by atoms with Crippen LogP contribution in [0.15, 0.2) is 18.2 Å². The zero-order valence-corrected chi connectivity index (χ0v) is 12.7. The van der Waals surface area contributed by atoms with E-state index in [9.17, 15) is 14.0 Å². The van der Waals surface area contributed by atoms with Crippen LogP contribution in [0.4, 0.5) is 4.39 Å². The van der Waals surface area contributed by atoms with Crippen molar-refractivity contribution in [3.05, 3.63) is 29.6 Å². The van der Waals surface area contributed by atoms with Crippen LogP contribution in [-0.4, -0.2) is 49.6 Å². The van der Waals surface area contributed by atoms with E-state index in [0.29, 0.717) is 31.9 Å². The Morgan fingerprint density at radius 2 is 2.26 bits per heavy atom. The summed E-state index contributed by atoms with van der Waals surface area (Å²) in [4.78, 5) is 25.4. The SMILES string of the molecule is O=C(CN1CCOCC1=O)N[C@@H]1CCCOc2cc(F)ccc21. The fourth-order valence-corrected chi connectivity index (χ4v) is 2.83. The molecule has 0 bridgehead atoms. The molecule has 7 heteroatoms. The van der Waals surface area contributed by atoms with Crippen molar-refractivity contribution in [2.24, 2.45) is 0 Å². The number of morpholine rings is 1. The lowest BCUT2D eigenvalue weighted by Gasteiger charge is -2.27. The summed E-state index contributed by atoms with van der Waals surface area (Å²) in [5.41, 5.74) is 0.769. The van der Waals surface area contributed by atoms with E-state index in [4.69, 9.17) is 9.47 Å². The molecule has 23 heavy (non-hydrogen) atoms. The number of nitrogens with one attached hydrogen (secondary N) is 1. The lowest BCUT2D eigenvalue weighted by molar-refractivity contribution is -0.146. The predicted molar refractivity (Wildman–Crippen MR) is 79.4 cm³/mol. The molecule has 2 aliphatic rings. The maximum Gasteiger partial charge on any atom is 0.249 e. The number of carbonyl (C=O) groups is 2. The van der Waals surface area contributed by atoms with Crippen molar-refractivity contribution in [1.82, 2.24) is 10.2 Å². The standard InChI is InChI=1S/C16H19FN2O4/c17-11-3-4-12-13(2-1-6-23-14(12)8-11)18-15(20)9-19-5-7-22-10-16(19)21/h3-4,8,13H,1-2,5-7,9-10H2,(H,18,20)/t13-/m1/s1. The van der Waals surface area contributed by atoms with E-state index in [1.165, 1.54) is 17.0 Å². The summed E-state index contributed by atoms with van der Waals surface area (Å²) < 4.78 is 23.9. The molecule has 124 valence electrons. The molecule has 0 spiro atoms. The van der Waals surface area contributed by atoms with Crippen molar-refractivity contribution in [3.63, 3.8) is 0 Å². The number of hydrogen-bond donors (Lipinski definition) is 1. The monoisotopic (exact) mass is 322 g/mol. The molecule has 1 aromatic rings. The van der Waals surface area contributed by atoms with Gasteiger partial charge in [-0.15, -0.1) is 0 Å². The molecule has 3 rings (SSSR count). The summed E-state index contributed by atoms with van der Waals surface area (Å²) in [6.07, 6.45) is 1.47. The van der Waals surface area contributed by atoms with Gasteiger partial charge in [-0.25, -0.2) is 4.39 Å². The minimum Gasteiger partial charge on any atom is -0.493 e. The van der Waals surface area contributed by atoms with Crippen LogP contribution in [0.25, 0.3) is 0 Å². The molecule has 1 fully saturated rings. The fraction of sp³-hybridized carbons (Fsp3) is 0.500. The minimum absolute atomic E-state index is 0.01000. The number of benzene rings is 1. The number of carbonyl (C=O) groups excluding carboxylic acids is 2. The third-order valence-corrected chi connectivity index (χ3v) is 4.00. The van der Waals surface area contributed by atoms with Gasteiger partial charge in [0.15, 0.2) is 0 Å². The highest BCUT2D eigenvalue weighted by atomic mass is 19.1. The first-order valence-electron chi connectivity index (χ1n) is 7.70. The molecule has 0 unspecified atom stereocenters. The quantitative estimate of drug-likeness (QED) is 0.902. The van der Waals surface area contributed by atoms with Crippen LogP contribution < -0.4 is 10.1 Å². The fourth-order valence-electron chi connectivity index (χ4n) is 2.83. The number of ether oxygens (including phenoxy) is 2. The highest BCUT2D eigenvalue weighted by Crippen LogP contribution is 2.32. The molecule has 2 aliphatic heterocycles. The van der Waals surface area contributed by atoms with Crippen molar-refractivity contribution < 1.29 is 23.5 Å². The molecular weight excluding hydrogens is 303 g/mol. The smallest absolute Gasteiger partial charge is 0.249 e. The average molecular weight is 322 g/mol. The van der Waals surface area contributed by atoms with Gasteiger partial charge in [-0.3, -0.25) is 9.59 Å². The zero-order chi connectivity index (χ0) is 16.2. The molecule has 2 heterocycles. The largest absolute Gasteiger partial charge is 0.493 e. The molecule has 0 aliphatic carbocycles. The summed E-state index contributed by atoms with van der Waals surface area (Å²) in [6, 6.07) is 4.10. The maximum atomic E-state index is 13.3. The number of hydrogen-bond acceptors (Lipinski definition) is 4. The first-order chi connectivity index (χ1) is 11.1. The average Bonchev–Trinajstić information content (AvgIpc) is 2.71. The Kier molecular flexibility index (Phi) is 4.76. The Balaban J connectivity index is 1.67. The zero-order valence-electron chi connectivity index (χ0n) is 12.7. The van der Waals surface area contributed by atoms with Gasteiger partial charge in [0.25, 0.3) is 0 Å². The van der Waals surface area contributed by atoms with Crippen molar-refractivity contribution in [2.75, 3.05) is 32.9 Å². The van der Waals surface area contributed by atoms with Gasteiger partial charge in [0.05, 0.1) is 25.8 Å². The third-order valence-electron chi connectivity index (χ3n) is 4.00. The van der Waals surface area contributed by atoms with Gasteiger partial charge in [-0.1, -0.05) is 6.07 Å². The maximum absolute atomic E-state index is 13.3. The van der Waals surface area contributed by atoms with E-state index in [2.05, 4.69) is 5.32 Å². The van der Waals surface area contributed by atoms with Crippen molar-refractivity contribution in [2.45, 2.75) is 18.9 Å². The molecule has 1 saturated heterocycles. The first kappa shape index (κ1) is 15.7. The van der Waals surface area contributed by atoms with Crippen LogP contribution in [0.5, 0.6) is 5.75 Å². The third kappa shape index (κ3) is 3.79. The summed E-state index contributed by atoms with van der Waals surface area (Å²) in [5.74, 6) is -0.314. The van der Waals surface area contributed by atoms with Crippen LogP contribution in [0.3, 0.4) is 0 Å². The molecule has 1 N–H and O–H groups in total. The lowest BCUT2D eigenvalue weighted by atomic mass is 10.0. The molecule has 1 aromatic carbocycles. The van der Waals surface area contributed by atoms with Crippen LogP contribution in [0, 0.1) is 5.82 Å². The number of nitrogens with zero attached hydrogens (tertiary/aromatic N) is 1. The van der Waals surface area contributed by atoms with E-state index in [1.807, 2.05) is 0 Å². The van der Waals surface area contributed by atoms with Gasteiger partial charge in [0.2, 0.25) is 11.8 Å². The molecule has 1 atom stereocenters. The number of halogens is 1. The molecule has 2 amide bonds. The van der Waals surface area contributed by atoms with Crippen LogP contribution in [-0.2, 0) is 14.3 Å². The normalized spacial score (nSPS) is 21.2. The van der Waals surface area contributed by atoms with E-state index >= 15 is 0 Å². The highest BCUT2D eigenvalue weighted by molar-refractivity contribution is 5.85. The van der Waals surface area contributed by atoms with Gasteiger partial charge in [-0.2, -0.15) is 0 Å². The Bertz CT molecular complexity index is 608. The molecular formula is C16H19FN2O4. The Hall–Kier alpha value is -2.15. The molecule has 0 radical (unpaired) electrons. The van der Waals surface area contributed by atoms with Crippen LogP contribution in [0.1, 0.15) is 24.4 Å². The van der Waals surface area contributed by atoms with E-state index < -0.39 is 0 Å². The summed E-state index contributed by atoms with van der Waals surface area (Å²) in [6.45, 7) is 1.38. The first-order valence-corrected chi connectivity index (χ1v) is 7.70. The van der Waals surface area contributed by atoms with Gasteiger partial charge >= 0.3 is 0 Å². The Morgan fingerprint density at radius 1 is 1.39 bits per heavy atom. The van der Waals surface area contributed by atoms with Crippen molar-refractivity contribution in [3.8, 4) is 5.75 Å². The van der Waals surface area contributed by atoms with Crippen molar-refractivity contribution >= 4 is 11.8 Å². The Morgan fingerprint density at radius 3 is 3.09 bits per heavy atom. The summed E-state index contributed by atoms with van der Waals surface area (Å²) >= 11 is 0. The summed E-state index contributed by atoms with van der Waals surface area (Å²) in [7, 11) is 0. The molecule has 6 nitrogen and oxygen atoms in total. The lowest BCUT2D eigenvalue weighted by Crippen LogP contribution is -2.47. The summed E-state index contributed by atoms with van der Waals surface area (Å²) in [5, 5.41) is 2.93.